The first-order valence-corrected chi connectivity index (χ1v) is 9.06. The monoisotopic (exact) mass is 337 g/mol. The zero-order valence-corrected chi connectivity index (χ0v) is 14.9. The number of carbonyl (C=O) groups is 1. The Labute approximate surface area is 150 Å². The summed E-state index contributed by atoms with van der Waals surface area (Å²) in [6, 6.07) is 18.9. The van der Waals surface area contributed by atoms with Crippen molar-refractivity contribution in [2.24, 2.45) is 0 Å². The number of nitrogens with zero attached hydrogens (tertiary/aromatic N) is 2. The third-order valence-corrected chi connectivity index (χ3v) is 4.71. The van der Waals surface area contributed by atoms with Gasteiger partial charge < -0.3 is 15.1 Å². The van der Waals surface area contributed by atoms with E-state index < -0.39 is 0 Å². The molecular weight excluding hydrogens is 310 g/mol. The molecule has 2 aromatic rings. The van der Waals surface area contributed by atoms with Gasteiger partial charge in [0.05, 0.1) is 6.54 Å². The lowest BCUT2D eigenvalue weighted by atomic mass is 10.1. The maximum Gasteiger partial charge on any atom is 0.236 e. The summed E-state index contributed by atoms with van der Waals surface area (Å²) >= 11 is 0. The van der Waals surface area contributed by atoms with E-state index in [2.05, 4.69) is 53.5 Å². The van der Waals surface area contributed by atoms with Gasteiger partial charge in [0.1, 0.15) is 0 Å². The van der Waals surface area contributed by atoms with Gasteiger partial charge in [-0.15, -0.1) is 0 Å². The Morgan fingerprint density at radius 3 is 2.48 bits per heavy atom. The first-order chi connectivity index (χ1) is 12.2. The summed E-state index contributed by atoms with van der Waals surface area (Å²) in [5.41, 5.74) is 3.83. The first-order valence-electron chi connectivity index (χ1n) is 9.06. The van der Waals surface area contributed by atoms with Crippen LogP contribution in [-0.4, -0.2) is 50.1 Å². The molecule has 0 spiro atoms. The highest BCUT2D eigenvalue weighted by Crippen LogP contribution is 2.17. The highest BCUT2D eigenvalue weighted by atomic mass is 16.2. The molecule has 0 aromatic heterocycles. The Morgan fingerprint density at radius 2 is 1.76 bits per heavy atom. The van der Waals surface area contributed by atoms with Crippen LogP contribution in [0.15, 0.2) is 54.6 Å². The van der Waals surface area contributed by atoms with Crippen LogP contribution in [0.25, 0.3) is 0 Å². The number of rotatable bonds is 6. The van der Waals surface area contributed by atoms with Crippen LogP contribution in [0.5, 0.6) is 0 Å². The Bertz CT molecular complexity index is 679. The van der Waals surface area contributed by atoms with E-state index in [1.165, 1.54) is 16.8 Å². The number of carbonyl (C=O) groups excluding carboxylic acids is 1. The predicted molar refractivity (Wildman–Crippen MR) is 103 cm³/mol. The average molecular weight is 337 g/mol. The summed E-state index contributed by atoms with van der Waals surface area (Å²) in [7, 11) is 0. The van der Waals surface area contributed by atoms with Crippen molar-refractivity contribution in [3.8, 4) is 0 Å². The van der Waals surface area contributed by atoms with Crippen LogP contribution >= 0.6 is 0 Å². The SMILES string of the molecule is Cc1cccc(N2CCN(C(=O)CNCCc3ccccc3)CC2)c1. The van der Waals surface area contributed by atoms with E-state index in [-0.39, 0.29) is 5.91 Å². The minimum atomic E-state index is 0.206. The molecule has 0 radical (unpaired) electrons. The molecule has 0 atom stereocenters. The van der Waals surface area contributed by atoms with E-state index in [4.69, 9.17) is 0 Å². The van der Waals surface area contributed by atoms with Gasteiger partial charge in [0, 0.05) is 31.9 Å². The second-order valence-electron chi connectivity index (χ2n) is 6.62. The fourth-order valence-corrected chi connectivity index (χ4v) is 3.22. The van der Waals surface area contributed by atoms with Gasteiger partial charge >= 0.3 is 0 Å². The van der Waals surface area contributed by atoms with E-state index in [0.717, 1.165) is 39.1 Å². The van der Waals surface area contributed by atoms with Gasteiger partial charge in [-0.2, -0.15) is 0 Å². The van der Waals surface area contributed by atoms with Crippen molar-refractivity contribution in [2.45, 2.75) is 13.3 Å². The molecule has 0 aliphatic carbocycles. The van der Waals surface area contributed by atoms with Crippen LogP contribution in [0.3, 0.4) is 0 Å². The van der Waals surface area contributed by atoms with Crippen molar-refractivity contribution in [3.63, 3.8) is 0 Å². The molecule has 0 unspecified atom stereocenters. The van der Waals surface area contributed by atoms with Gasteiger partial charge in [-0.3, -0.25) is 4.79 Å². The van der Waals surface area contributed by atoms with Gasteiger partial charge in [0.25, 0.3) is 0 Å². The zero-order valence-electron chi connectivity index (χ0n) is 14.9. The Morgan fingerprint density at radius 1 is 1.00 bits per heavy atom. The van der Waals surface area contributed by atoms with Gasteiger partial charge in [0.15, 0.2) is 0 Å². The molecule has 1 fully saturated rings. The number of hydrogen-bond acceptors (Lipinski definition) is 3. The summed E-state index contributed by atoms with van der Waals surface area (Å²) in [5, 5.41) is 3.28. The van der Waals surface area contributed by atoms with E-state index >= 15 is 0 Å². The van der Waals surface area contributed by atoms with Crippen LogP contribution in [0.1, 0.15) is 11.1 Å². The van der Waals surface area contributed by atoms with Crippen LogP contribution in [-0.2, 0) is 11.2 Å². The van der Waals surface area contributed by atoms with Gasteiger partial charge in [-0.05, 0) is 43.1 Å². The summed E-state index contributed by atoms with van der Waals surface area (Å²) in [6.45, 7) is 6.78. The molecule has 4 nitrogen and oxygen atoms in total. The smallest absolute Gasteiger partial charge is 0.236 e. The molecule has 0 saturated carbocycles. The van der Waals surface area contributed by atoms with Crippen LogP contribution in [0.2, 0.25) is 0 Å². The van der Waals surface area contributed by atoms with Crippen molar-refractivity contribution < 1.29 is 4.79 Å². The van der Waals surface area contributed by atoms with Crippen LogP contribution in [0.4, 0.5) is 5.69 Å². The third-order valence-electron chi connectivity index (χ3n) is 4.71. The van der Waals surface area contributed by atoms with E-state index in [0.29, 0.717) is 6.54 Å². The van der Waals surface area contributed by atoms with Gasteiger partial charge in [-0.25, -0.2) is 0 Å². The lowest BCUT2D eigenvalue weighted by Crippen LogP contribution is -2.51. The normalized spacial score (nSPS) is 14.6. The molecule has 1 N–H and O–H groups in total. The number of nitrogens with one attached hydrogen (secondary N) is 1. The number of anilines is 1. The standard InChI is InChI=1S/C21H27N3O/c1-18-6-5-9-20(16-18)23-12-14-24(15-13-23)21(25)17-22-11-10-19-7-3-2-4-8-19/h2-9,16,22H,10-15,17H2,1H3. The Balaban J connectivity index is 1.38. The minimum Gasteiger partial charge on any atom is -0.368 e. The molecular formula is C21H27N3O. The van der Waals surface area contributed by atoms with Crippen molar-refractivity contribution >= 4 is 11.6 Å². The molecule has 3 rings (SSSR count). The Hall–Kier alpha value is -2.33. The topological polar surface area (TPSA) is 35.6 Å². The molecule has 0 bridgehead atoms. The van der Waals surface area contributed by atoms with E-state index in [9.17, 15) is 4.79 Å². The lowest BCUT2D eigenvalue weighted by molar-refractivity contribution is -0.130. The minimum absolute atomic E-state index is 0.206. The lowest BCUT2D eigenvalue weighted by Gasteiger charge is -2.36. The number of aryl methyl sites for hydroxylation is 1. The molecule has 1 amide bonds. The Kier molecular flexibility index (Phi) is 6.07. The van der Waals surface area contributed by atoms with E-state index in [1.807, 2.05) is 23.1 Å². The van der Waals surface area contributed by atoms with Crippen LogP contribution in [0, 0.1) is 6.92 Å². The van der Waals surface area contributed by atoms with Crippen molar-refractivity contribution in [2.75, 3.05) is 44.2 Å². The first kappa shape index (κ1) is 17.5. The molecule has 1 aliphatic heterocycles. The second-order valence-corrected chi connectivity index (χ2v) is 6.62. The van der Waals surface area contributed by atoms with Gasteiger partial charge in [0.2, 0.25) is 5.91 Å². The zero-order chi connectivity index (χ0) is 17.5. The molecule has 4 heteroatoms. The molecule has 1 saturated heterocycles. The number of hydrogen-bond donors (Lipinski definition) is 1. The quantitative estimate of drug-likeness (QED) is 0.823. The molecule has 2 aromatic carbocycles. The fraction of sp³-hybridized carbons (Fsp3) is 0.381. The second kappa shape index (κ2) is 8.67. The summed E-state index contributed by atoms with van der Waals surface area (Å²) in [6.07, 6.45) is 0.954. The maximum atomic E-state index is 12.4. The largest absolute Gasteiger partial charge is 0.368 e. The molecule has 1 aliphatic rings. The summed E-state index contributed by atoms with van der Waals surface area (Å²) in [5.74, 6) is 0.206. The summed E-state index contributed by atoms with van der Waals surface area (Å²) in [4.78, 5) is 16.7. The third kappa shape index (κ3) is 5.07. The number of amides is 1. The average Bonchev–Trinajstić information content (AvgIpc) is 2.66. The van der Waals surface area contributed by atoms with Crippen molar-refractivity contribution in [1.29, 1.82) is 0 Å². The predicted octanol–water partition coefficient (Wildman–Crippen LogP) is 2.48. The highest BCUT2D eigenvalue weighted by Gasteiger charge is 2.20. The van der Waals surface area contributed by atoms with Crippen molar-refractivity contribution in [3.05, 3.63) is 65.7 Å². The van der Waals surface area contributed by atoms with Crippen molar-refractivity contribution in [1.82, 2.24) is 10.2 Å². The maximum absolute atomic E-state index is 12.4. The number of benzene rings is 2. The van der Waals surface area contributed by atoms with Crippen LogP contribution < -0.4 is 10.2 Å². The molecule has 1 heterocycles. The number of piperazine rings is 1. The van der Waals surface area contributed by atoms with E-state index in [1.54, 1.807) is 0 Å². The fourth-order valence-electron chi connectivity index (χ4n) is 3.22. The molecule has 25 heavy (non-hydrogen) atoms. The highest BCUT2D eigenvalue weighted by molar-refractivity contribution is 5.78. The molecule has 132 valence electrons. The summed E-state index contributed by atoms with van der Waals surface area (Å²) < 4.78 is 0. The van der Waals surface area contributed by atoms with Gasteiger partial charge in [-0.1, -0.05) is 42.5 Å².